The maximum atomic E-state index is 4.62. The standard InChI is InChI=1S/C16H17NS/c1-10(2)12-5-7-15-14(9-12)13-6-4-11(3)8-16(13)17(15)18/h4-10,18H,1-3H3. The summed E-state index contributed by atoms with van der Waals surface area (Å²) in [4.78, 5) is 0. The van der Waals surface area contributed by atoms with Crippen LogP contribution in [0.2, 0.25) is 0 Å². The first-order valence-electron chi connectivity index (χ1n) is 6.32. The van der Waals surface area contributed by atoms with Gasteiger partial charge in [0.2, 0.25) is 0 Å². The average molecular weight is 255 g/mol. The van der Waals surface area contributed by atoms with Crippen LogP contribution in [0.25, 0.3) is 21.8 Å². The smallest absolute Gasteiger partial charge is 0.0604 e. The highest BCUT2D eigenvalue weighted by atomic mass is 32.1. The van der Waals surface area contributed by atoms with Gasteiger partial charge in [-0.3, -0.25) is 3.97 Å². The molecule has 0 bridgehead atoms. The Balaban J connectivity index is 2.45. The van der Waals surface area contributed by atoms with Gasteiger partial charge in [-0.15, -0.1) is 0 Å². The second-order valence-electron chi connectivity index (χ2n) is 5.26. The van der Waals surface area contributed by atoms with E-state index in [-0.39, 0.29) is 0 Å². The SMILES string of the molecule is Cc1ccc2c3cc(C(C)C)ccc3n(S)c2c1. The summed E-state index contributed by atoms with van der Waals surface area (Å²) in [5, 5.41) is 2.58. The van der Waals surface area contributed by atoms with E-state index in [2.05, 4.69) is 70.0 Å². The van der Waals surface area contributed by atoms with Gasteiger partial charge in [0.15, 0.2) is 0 Å². The molecule has 0 aliphatic carbocycles. The van der Waals surface area contributed by atoms with E-state index < -0.39 is 0 Å². The van der Waals surface area contributed by atoms with Crippen molar-refractivity contribution in [3.63, 3.8) is 0 Å². The second kappa shape index (κ2) is 4.06. The molecule has 1 aromatic heterocycles. The van der Waals surface area contributed by atoms with Crippen molar-refractivity contribution in [2.45, 2.75) is 26.7 Å². The Morgan fingerprint density at radius 1 is 0.944 bits per heavy atom. The number of aromatic nitrogens is 1. The fourth-order valence-corrected chi connectivity index (χ4v) is 2.83. The van der Waals surface area contributed by atoms with Crippen molar-refractivity contribution in [2.75, 3.05) is 0 Å². The molecule has 3 aromatic rings. The number of hydrogen-bond donors (Lipinski definition) is 1. The molecule has 0 aliphatic heterocycles. The number of rotatable bonds is 1. The number of hydrogen-bond acceptors (Lipinski definition) is 1. The summed E-state index contributed by atoms with van der Waals surface area (Å²) in [6.45, 7) is 6.57. The first-order valence-corrected chi connectivity index (χ1v) is 6.72. The molecule has 3 rings (SSSR count). The zero-order chi connectivity index (χ0) is 12.9. The predicted molar refractivity (Wildman–Crippen MR) is 82.7 cm³/mol. The lowest BCUT2D eigenvalue weighted by Gasteiger charge is -2.05. The zero-order valence-corrected chi connectivity index (χ0v) is 11.8. The quantitative estimate of drug-likeness (QED) is 0.589. The van der Waals surface area contributed by atoms with E-state index in [0.717, 1.165) is 0 Å². The first kappa shape index (κ1) is 11.7. The van der Waals surface area contributed by atoms with Gasteiger partial charge in [0.1, 0.15) is 0 Å². The number of nitrogens with zero attached hydrogens (tertiary/aromatic N) is 1. The number of aryl methyl sites for hydroxylation is 1. The van der Waals surface area contributed by atoms with Crippen LogP contribution in [0.15, 0.2) is 36.4 Å². The van der Waals surface area contributed by atoms with Gasteiger partial charge in [-0.05, 0) is 42.2 Å². The Kier molecular flexibility index (Phi) is 2.63. The molecule has 0 saturated heterocycles. The Labute approximate surface area is 113 Å². The van der Waals surface area contributed by atoms with Crippen molar-refractivity contribution in [3.05, 3.63) is 47.5 Å². The average Bonchev–Trinajstić information content (AvgIpc) is 2.62. The van der Waals surface area contributed by atoms with E-state index in [1.807, 2.05) is 3.97 Å². The molecule has 0 atom stereocenters. The van der Waals surface area contributed by atoms with E-state index in [9.17, 15) is 0 Å². The first-order chi connectivity index (χ1) is 8.58. The largest absolute Gasteiger partial charge is 0.286 e. The third-order valence-electron chi connectivity index (χ3n) is 3.59. The summed E-state index contributed by atoms with van der Waals surface area (Å²) in [6.07, 6.45) is 0. The molecule has 0 amide bonds. The van der Waals surface area contributed by atoms with E-state index in [4.69, 9.17) is 0 Å². The Hall–Kier alpha value is -1.41. The molecule has 0 saturated carbocycles. The molecule has 2 heteroatoms. The number of fused-ring (bicyclic) bond motifs is 3. The summed E-state index contributed by atoms with van der Waals surface area (Å²) in [6, 6.07) is 13.2. The van der Waals surface area contributed by atoms with Gasteiger partial charge in [0.05, 0.1) is 11.0 Å². The van der Waals surface area contributed by atoms with Crippen LogP contribution in [0.3, 0.4) is 0 Å². The number of thiol groups is 1. The van der Waals surface area contributed by atoms with Crippen molar-refractivity contribution in [2.24, 2.45) is 0 Å². The van der Waals surface area contributed by atoms with Crippen molar-refractivity contribution in [3.8, 4) is 0 Å². The molecule has 0 N–H and O–H groups in total. The van der Waals surface area contributed by atoms with Crippen molar-refractivity contribution in [1.29, 1.82) is 0 Å². The maximum absolute atomic E-state index is 4.62. The fourth-order valence-electron chi connectivity index (χ4n) is 2.49. The zero-order valence-electron chi connectivity index (χ0n) is 10.9. The normalized spacial score (nSPS) is 11.8. The van der Waals surface area contributed by atoms with Crippen molar-refractivity contribution >= 4 is 34.6 Å². The topological polar surface area (TPSA) is 4.93 Å². The van der Waals surface area contributed by atoms with Crippen LogP contribution >= 0.6 is 12.8 Å². The summed E-state index contributed by atoms with van der Waals surface area (Å²) in [5.41, 5.74) is 5.02. The minimum Gasteiger partial charge on any atom is -0.286 e. The van der Waals surface area contributed by atoms with Crippen LogP contribution in [0, 0.1) is 6.92 Å². The Morgan fingerprint density at radius 2 is 1.72 bits per heavy atom. The summed E-state index contributed by atoms with van der Waals surface area (Å²) in [5.74, 6) is 0.554. The van der Waals surface area contributed by atoms with E-state index in [0.29, 0.717) is 5.92 Å². The highest BCUT2D eigenvalue weighted by molar-refractivity contribution is 7.79. The van der Waals surface area contributed by atoms with Gasteiger partial charge in [0.25, 0.3) is 0 Å². The molecule has 0 fully saturated rings. The van der Waals surface area contributed by atoms with Gasteiger partial charge in [0, 0.05) is 10.8 Å². The summed E-state index contributed by atoms with van der Waals surface area (Å²) in [7, 11) is 0. The molecule has 2 aromatic carbocycles. The van der Waals surface area contributed by atoms with Gasteiger partial charge < -0.3 is 0 Å². The lowest BCUT2D eigenvalue weighted by atomic mass is 10.0. The summed E-state index contributed by atoms with van der Waals surface area (Å²) < 4.78 is 1.99. The molecule has 0 aliphatic rings. The molecular weight excluding hydrogens is 238 g/mol. The van der Waals surface area contributed by atoms with Crippen LogP contribution in [-0.2, 0) is 0 Å². The van der Waals surface area contributed by atoms with Crippen molar-refractivity contribution < 1.29 is 0 Å². The van der Waals surface area contributed by atoms with Gasteiger partial charge in [-0.1, -0.05) is 44.9 Å². The van der Waals surface area contributed by atoms with Crippen LogP contribution in [0.1, 0.15) is 30.9 Å². The van der Waals surface area contributed by atoms with Crippen LogP contribution in [-0.4, -0.2) is 3.97 Å². The lowest BCUT2D eigenvalue weighted by molar-refractivity contribution is 0.869. The van der Waals surface area contributed by atoms with Gasteiger partial charge >= 0.3 is 0 Å². The lowest BCUT2D eigenvalue weighted by Crippen LogP contribution is -1.86. The monoisotopic (exact) mass is 255 g/mol. The van der Waals surface area contributed by atoms with Gasteiger partial charge in [-0.25, -0.2) is 0 Å². The second-order valence-corrected chi connectivity index (χ2v) is 5.66. The molecule has 18 heavy (non-hydrogen) atoms. The van der Waals surface area contributed by atoms with Crippen LogP contribution in [0.5, 0.6) is 0 Å². The molecular formula is C16H17NS. The minimum absolute atomic E-state index is 0.554. The third kappa shape index (κ3) is 1.64. The molecule has 0 unspecified atom stereocenters. The Bertz CT molecular complexity index is 738. The molecule has 1 nitrogen and oxygen atoms in total. The van der Waals surface area contributed by atoms with Crippen molar-refractivity contribution in [1.82, 2.24) is 3.97 Å². The highest BCUT2D eigenvalue weighted by Crippen LogP contribution is 2.32. The molecule has 0 radical (unpaired) electrons. The van der Waals surface area contributed by atoms with Gasteiger partial charge in [-0.2, -0.15) is 0 Å². The summed E-state index contributed by atoms with van der Waals surface area (Å²) >= 11 is 4.62. The van der Waals surface area contributed by atoms with E-state index >= 15 is 0 Å². The highest BCUT2D eigenvalue weighted by Gasteiger charge is 2.10. The minimum atomic E-state index is 0.554. The van der Waals surface area contributed by atoms with E-state index in [1.165, 1.54) is 32.9 Å². The van der Waals surface area contributed by atoms with Crippen LogP contribution in [0.4, 0.5) is 0 Å². The molecule has 1 heterocycles. The molecule has 0 spiro atoms. The number of benzene rings is 2. The molecule has 92 valence electrons. The Morgan fingerprint density at radius 3 is 2.44 bits per heavy atom. The predicted octanol–water partition coefficient (Wildman–Crippen LogP) is 4.92. The maximum Gasteiger partial charge on any atom is 0.0604 e. The fraction of sp³-hybridized carbons (Fsp3) is 0.250. The van der Waals surface area contributed by atoms with E-state index in [1.54, 1.807) is 0 Å². The third-order valence-corrected chi connectivity index (χ3v) is 4.02. The van der Waals surface area contributed by atoms with Crippen LogP contribution < -0.4 is 0 Å².